The van der Waals surface area contributed by atoms with E-state index in [0.29, 0.717) is 16.7 Å². The fourth-order valence-corrected chi connectivity index (χ4v) is 3.06. The monoisotopic (exact) mass is 379 g/mol. The summed E-state index contributed by atoms with van der Waals surface area (Å²) in [6.45, 7) is 0.203. The third-order valence-corrected chi connectivity index (χ3v) is 4.46. The maximum absolute atomic E-state index is 8.96. The SMILES string of the molecule is OCCCc1ccc(-c2cnc3ccc(Oc4cccc(Cl)c4)nn23)cc1. The van der Waals surface area contributed by atoms with E-state index in [4.69, 9.17) is 21.4 Å². The van der Waals surface area contributed by atoms with Crippen LogP contribution in [0.4, 0.5) is 0 Å². The summed E-state index contributed by atoms with van der Waals surface area (Å²) in [5.74, 6) is 1.09. The Kier molecular flexibility index (Phi) is 5.05. The highest BCUT2D eigenvalue weighted by atomic mass is 35.5. The zero-order valence-corrected chi connectivity index (χ0v) is 15.3. The van der Waals surface area contributed by atoms with Crippen LogP contribution in [0.3, 0.4) is 0 Å². The molecule has 27 heavy (non-hydrogen) atoms. The Hall–Kier alpha value is -2.89. The molecule has 0 saturated carbocycles. The van der Waals surface area contributed by atoms with Gasteiger partial charge in [0, 0.05) is 23.3 Å². The number of aryl methyl sites for hydroxylation is 1. The first-order valence-corrected chi connectivity index (χ1v) is 9.09. The molecule has 6 heteroatoms. The van der Waals surface area contributed by atoms with Crippen LogP contribution >= 0.6 is 11.6 Å². The topological polar surface area (TPSA) is 59.7 Å². The van der Waals surface area contributed by atoms with E-state index in [9.17, 15) is 0 Å². The van der Waals surface area contributed by atoms with Crippen LogP contribution in [0.5, 0.6) is 11.6 Å². The van der Waals surface area contributed by atoms with Gasteiger partial charge in [-0.05, 0) is 42.7 Å². The predicted molar refractivity (Wildman–Crippen MR) is 105 cm³/mol. The molecule has 0 radical (unpaired) electrons. The lowest BCUT2D eigenvalue weighted by atomic mass is 10.1. The Morgan fingerprint density at radius 2 is 1.89 bits per heavy atom. The van der Waals surface area contributed by atoms with Gasteiger partial charge >= 0.3 is 0 Å². The molecule has 2 heterocycles. The highest BCUT2D eigenvalue weighted by molar-refractivity contribution is 6.30. The molecule has 0 atom stereocenters. The molecule has 0 amide bonds. The summed E-state index contributed by atoms with van der Waals surface area (Å²) in [6, 6.07) is 19.1. The van der Waals surface area contributed by atoms with E-state index in [-0.39, 0.29) is 6.61 Å². The predicted octanol–water partition coefficient (Wildman–Crippen LogP) is 4.77. The second-order valence-corrected chi connectivity index (χ2v) is 6.60. The van der Waals surface area contributed by atoms with Gasteiger partial charge in [-0.2, -0.15) is 0 Å². The molecule has 2 aromatic carbocycles. The maximum atomic E-state index is 8.96. The van der Waals surface area contributed by atoms with E-state index in [1.807, 2.05) is 30.3 Å². The Balaban J connectivity index is 1.64. The largest absolute Gasteiger partial charge is 0.438 e. The summed E-state index contributed by atoms with van der Waals surface area (Å²) >= 11 is 6.01. The van der Waals surface area contributed by atoms with E-state index < -0.39 is 0 Å². The Labute approximate surface area is 161 Å². The number of hydrogen-bond acceptors (Lipinski definition) is 4. The number of benzene rings is 2. The first-order chi connectivity index (χ1) is 13.2. The highest BCUT2D eigenvalue weighted by Crippen LogP contribution is 2.25. The lowest BCUT2D eigenvalue weighted by Gasteiger charge is -2.07. The minimum absolute atomic E-state index is 0.203. The average Bonchev–Trinajstić information content (AvgIpc) is 3.10. The molecule has 0 saturated heterocycles. The van der Waals surface area contributed by atoms with Crippen LogP contribution in [0.15, 0.2) is 66.9 Å². The smallest absolute Gasteiger partial charge is 0.237 e. The van der Waals surface area contributed by atoms with Gasteiger partial charge in [-0.1, -0.05) is 41.9 Å². The molecule has 4 aromatic rings. The number of aromatic nitrogens is 3. The first-order valence-electron chi connectivity index (χ1n) is 8.71. The van der Waals surface area contributed by atoms with E-state index >= 15 is 0 Å². The zero-order chi connectivity index (χ0) is 18.6. The number of ether oxygens (including phenoxy) is 1. The Bertz CT molecular complexity index is 1060. The van der Waals surface area contributed by atoms with Gasteiger partial charge in [0.05, 0.1) is 11.9 Å². The van der Waals surface area contributed by atoms with Crippen molar-refractivity contribution in [3.63, 3.8) is 0 Å². The van der Waals surface area contributed by atoms with Crippen molar-refractivity contribution in [2.24, 2.45) is 0 Å². The van der Waals surface area contributed by atoms with Gasteiger partial charge in [0.1, 0.15) is 5.75 Å². The van der Waals surface area contributed by atoms with E-state index in [0.717, 1.165) is 29.7 Å². The van der Waals surface area contributed by atoms with Crippen molar-refractivity contribution >= 4 is 17.2 Å². The van der Waals surface area contributed by atoms with Crippen molar-refractivity contribution in [2.45, 2.75) is 12.8 Å². The van der Waals surface area contributed by atoms with Gasteiger partial charge in [-0.15, -0.1) is 5.10 Å². The standard InChI is InChI=1S/C21H18ClN3O2/c22-17-4-1-5-18(13-17)27-21-11-10-20-23-14-19(25(20)24-21)16-8-6-15(7-9-16)3-2-12-26/h1,4-11,13-14,26H,2-3,12H2. The number of fused-ring (bicyclic) bond motifs is 1. The van der Waals surface area contributed by atoms with Crippen molar-refractivity contribution in [1.29, 1.82) is 0 Å². The molecule has 2 aromatic heterocycles. The van der Waals surface area contributed by atoms with Gasteiger partial charge in [0.25, 0.3) is 0 Å². The third-order valence-electron chi connectivity index (χ3n) is 4.23. The molecule has 1 N–H and O–H groups in total. The summed E-state index contributed by atoms with van der Waals surface area (Å²) in [7, 11) is 0. The lowest BCUT2D eigenvalue weighted by Crippen LogP contribution is -1.97. The normalized spacial score (nSPS) is 11.0. The van der Waals surface area contributed by atoms with E-state index in [1.165, 1.54) is 5.56 Å². The molecule has 0 unspecified atom stereocenters. The van der Waals surface area contributed by atoms with Crippen molar-refractivity contribution in [2.75, 3.05) is 6.61 Å². The molecule has 0 bridgehead atoms. The minimum atomic E-state index is 0.203. The van der Waals surface area contributed by atoms with Crippen LogP contribution in [0.1, 0.15) is 12.0 Å². The van der Waals surface area contributed by atoms with Gasteiger partial charge in [0.15, 0.2) is 5.65 Å². The number of hydrogen-bond donors (Lipinski definition) is 1. The van der Waals surface area contributed by atoms with Crippen molar-refractivity contribution in [3.8, 4) is 22.9 Å². The molecule has 5 nitrogen and oxygen atoms in total. The minimum Gasteiger partial charge on any atom is -0.438 e. The third kappa shape index (κ3) is 3.94. The number of nitrogens with zero attached hydrogens (tertiary/aromatic N) is 3. The van der Waals surface area contributed by atoms with Crippen LogP contribution in [-0.2, 0) is 6.42 Å². The molecule has 0 fully saturated rings. The van der Waals surface area contributed by atoms with Gasteiger partial charge < -0.3 is 9.84 Å². The summed E-state index contributed by atoms with van der Waals surface area (Å²) in [6.07, 6.45) is 3.43. The quantitative estimate of drug-likeness (QED) is 0.524. The molecular formula is C21H18ClN3O2. The van der Waals surface area contributed by atoms with Crippen molar-refractivity contribution in [1.82, 2.24) is 14.6 Å². The number of rotatable bonds is 6. The van der Waals surface area contributed by atoms with Crippen LogP contribution in [0.2, 0.25) is 5.02 Å². The second kappa shape index (κ2) is 7.78. The van der Waals surface area contributed by atoms with Crippen LogP contribution in [0, 0.1) is 0 Å². The Morgan fingerprint density at radius 1 is 1.04 bits per heavy atom. The van der Waals surface area contributed by atoms with Crippen LogP contribution in [-0.4, -0.2) is 26.3 Å². The van der Waals surface area contributed by atoms with Crippen molar-refractivity contribution < 1.29 is 9.84 Å². The fourth-order valence-electron chi connectivity index (χ4n) is 2.88. The molecule has 136 valence electrons. The molecule has 4 rings (SSSR count). The summed E-state index contributed by atoms with van der Waals surface area (Å²) < 4.78 is 7.59. The molecule has 0 aliphatic heterocycles. The Morgan fingerprint density at radius 3 is 2.67 bits per heavy atom. The zero-order valence-electron chi connectivity index (χ0n) is 14.5. The summed E-state index contributed by atoms with van der Waals surface area (Å²) in [4.78, 5) is 4.42. The summed E-state index contributed by atoms with van der Waals surface area (Å²) in [5.41, 5.74) is 3.84. The van der Waals surface area contributed by atoms with Gasteiger partial charge in [-0.3, -0.25) is 0 Å². The summed E-state index contributed by atoms with van der Waals surface area (Å²) in [5, 5.41) is 14.1. The number of imidazole rings is 1. The number of halogens is 1. The number of aliphatic hydroxyl groups is 1. The van der Waals surface area contributed by atoms with Crippen LogP contribution < -0.4 is 4.74 Å². The van der Waals surface area contributed by atoms with Crippen molar-refractivity contribution in [3.05, 3.63) is 77.4 Å². The molecular weight excluding hydrogens is 362 g/mol. The van der Waals surface area contributed by atoms with E-state index in [1.54, 1.807) is 28.9 Å². The fraction of sp³-hybridized carbons (Fsp3) is 0.143. The van der Waals surface area contributed by atoms with Gasteiger partial charge in [-0.25, -0.2) is 9.50 Å². The molecule has 0 aliphatic rings. The second-order valence-electron chi connectivity index (χ2n) is 6.17. The molecule has 0 aliphatic carbocycles. The number of aliphatic hydroxyl groups excluding tert-OH is 1. The molecule has 0 spiro atoms. The lowest BCUT2D eigenvalue weighted by molar-refractivity contribution is 0.288. The van der Waals surface area contributed by atoms with Crippen LogP contribution in [0.25, 0.3) is 16.9 Å². The average molecular weight is 380 g/mol. The first kappa shape index (κ1) is 17.5. The van der Waals surface area contributed by atoms with E-state index in [2.05, 4.69) is 22.2 Å². The van der Waals surface area contributed by atoms with Gasteiger partial charge in [0.2, 0.25) is 5.88 Å². The maximum Gasteiger partial charge on any atom is 0.237 e. The highest BCUT2D eigenvalue weighted by Gasteiger charge is 2.09.